The number of amides is 1. The van der Waals surface area contributed by atoms with E-state index in [4.69, 9.17) is 10.2 Å². The van der Waals surface area contributed by atoms with Crippen LogP contribution in [-0.2, 0) is 0 Å². The van der Waals surface area contributed by atoms with E-state index < -0.39 is 17.5 Å². The minimum Gasteiger partial charge on any atom is -0.463 e. The second kappa shape index (κ2) is 12.1. The molecule has 4 aromatic rings. The standard InChI is InChI=1S/C27H34F2N10O2/c1-35(2)7-6-31-25(40)18-15-22(20(29)16-19(18)28)38-12-10-37(11-13-38)9-8-36(3)27-32-24-17-21(23-5-4-14-41-23)34-39(24)26(30)33-27/h4-5,14-17H,6-13H2,1-3H3,(H,31,40)(H2,30,32,33). The molecule has 4 heterocycles. The van der Waals surface area contributed by atoms with Gasteiger partial charge in [0.25, 0.3) is 5.91 Å². The predicted octanol–water partition coefficient (Wildman–Crippen LogP) is 1.79. The number of rotatable bonds is 10. The summed E-state index contributed by atoms with van der Waals surface area (Å²) in [4.78, 5) is 29.4. The fourth-order valence-corrected chi connectivity index (χ4v) is 4.66. The molecule has 0 atom stereocenters. The van der Waals surface area contributed by atoms with Gasteiger partial charge in [0.2, 0.25) is 11.9 Å². The third kappa shape index (κ3) is 6.38. The molecule has 1 aliphatic heterocycles. The molecule has 41 heavy (non-hydrogen) atoms. The first-order valence-corrected chi connectivity index (χ1v) is 13.4. The summed E-state index contributed by atoms with van der Waals surface area (Å²) in [7, 11) is 5.65. The number of hydrogen-bond donors (Lipinski definition) is 2. The number of nitrogens with one attached hydrogen (secondary N) is 1. The summed E-state index contributed by atoms with van der Waals surface area (Å²) in [6, 6.07) is 7.49. The highest BCUT2D eigenvalue weighted by Crippen LogP contribution is 2.25. The third-order valence-electron chi connectivity index (χ3n) is 7.04. The number of nitrogen functional groups attached to an aromatic ring is 1. The monoisotopic (exact) mass is 568 g/mol. The Bertz CT molecular complexity index is 1500. The fraction of sp³-hybridized carbons (Fsp3) is 0.407. The zero-order valence-electron chi connectivity index (χ0n) is 23.3. The van der Waals surface area contributed by atoms with Crippen LogP contribution in [0, 0.1) is 11.6 Å². The van der Waals surface area contributed by atoms with E-state index in [2.05, 4.69) is 25.3 Å². The summed E-state index contributed by atoms with van der Waals surface area (Å²) in [5, 5.41) is 7.11. The van der Waals surface area contributed by atoms with E-state index in [1.165, 1.54) is 10.6 Å². The first-order chi connectivity index (χ1) is 19.7. The number of nitrogens with two attached hydrogens (primary N) is 1. The van der Waals surface area contributed by atoms with Gasteiger partial charge in [0.1, 0.15) is 17.3 Å². The van der Waals surface area contributed by atoms with Crippen molar-refractivity contribution in [2.45, 2.75) is 0 Å². The van der Waals surface area contributed by atoms with Gasteiger partial charge in [-0.1, -0.05) is 0 Å². The molecule has 1 aromatic carbocycles. The van der Waals surface area contributed by atoms with Crippen molar-refractivity contribution >= 4 is 29.1 Å². The van der Waals surface area contributed by atoms with Gasteiger partial charge in [-0.05, 0) is 32.3 Å². The normalized spacial score (nSPS) is 14.2. The molecule has 14 heteroatoms. The van der Waals surface area contributed by atoms with E-state index in [9.17, 15) is 13.6 Å². The van der Waals surface area contributed by atoms with Crippen LogP contribution in [-0.4, -0.2) is 109 Å². The summed E-state index contributed by atoms with van der Waals surface area (Å²) < 4.78 is 36.0. The number of halogens is 2. The lowest BCUT2D eigenvalue weighted by Crippen LogP contribution is -2.48. The average molecular weight is 569 g/mol. The van der Waals surface area contributed by atoms with Crippen molar-refractivity contribution in [2.24, 2.45) is 0 Å². The van der Waals surface area contributed by atoms with E-state index in [0.717, 1.165) is 12.6 Å². The van der Waals surface area contributed by atoms with Crippen LogP contribution in [0.5, 0.6) is 0 Å². The molecule has 0 unspecified atom stereocenters. The molecule has 0 radical (unpaired) electrons. The minimum atomic E-state index is -0.871. The Hall–Kier alpha value is -4.30. The quantitative estimate of drug-likeness (QED) is 0.293. The number of nitrogens with zero attached hydrogens (tertiary/aromatic N) is 8. The third-order valence-corrected chi connectivity index (χ3v) is 7.04. The van der Waals surface area contributed by atoms with Gasteiger partial charge in [0.05, 0.1) is 17.5 Å². The molecular weight excluding hydrogens is 534 g/mol. The summed E-state index contributed by atoms with van der Waals surface area (Å²) in [5.41, 5.74) is 7.40. The lowest BCUT2D eigenvalue weighted by molar-refractivity contribution is 0.0947. The van der Waals surface area contributed by atoms with Gasteiger partial charge < -0.3 is 30.2 Å². The number of carbonyl (C=O) groups excluding carboxylic acids is 1. The fourth-order valence-electron chi connectivity index (χ4n) is 4.66. The molecule has 218 valence electrons. The SMILES string of the molecule is CN(C)CCNC(=O)c1cc(N2CCN(CCN(C)c3nc(N)n4nc(-c5ccco5)cc4n3)CC2)c(F)cc1F. The maximum atomic E-state index is 14.7. The van der Waals surface area contributed by atoms with Gasteiger partial charge in [0.15, 0.2) is 11.4 Å². The van der Waals surface area contributed by atoms with Gasteiger partial charge in [-0.15, -0.1) is 0 Å². The Morgan fingerprint density at radius 3 is 2.56 bits per heavy atom. The first kappa shape index (κ1) is 28.2. The van der Waals surface area contributed by atoms with Crippen LogP contribution in [0.3, 0.4) is 0 Å². The van der Waals surface area contributed by atoms with Gasteiger partial charge >= 0.3 is 0 Å². The van der Waals surface area contributed by atoms with Crippen LogP contribution in [0.2, 0.25) is 0 Å². The predicted molar refractivity (Wildman–Crippen MR) is 152 cm³/mol. The van der Waals surface area contributed by atoms with Crippen molar-refractivity contribution in [3.8, 4) is 11.5 Å². The van der Waals surface area contributed by atoms with Crippen LogP contribution < -0.4 is 20.9 Å². The molecule has 3 aromatic heterocycles. The number of aromatic nitrogens is 4. The van der Waals surface area contributed by atoms with Gasteiger partial charge in [-0.25, -0.2) is 8.78 Å². The van der Waals surface area contributed by atoms with E-state index in [1.54, 1.807) is 18.4 Å². The number of furan rings is 1. The Labute approximate surface area is 236 Å². The van der Waals surface area contributed by atoms with Crippen LogP contribution in [0.1, 0.15) is 10.4 Å². The second-order valence-electron chi connectivity index (χ2n) is 10.3. The van der Waals surface area contributed by atoms with Crippen molar-refractivity contribution in [3.05, 3.63) is 53.8 Å². The Morgan fingerprint density at radius 2 is 1.85 bits per heavy atom. The number of hydrogen-bond acceptors (Lipinski definition) is 10. The van der Waals surface area contributed by atoms with Crippen molar-refractivity contribution in [1.82, 2.24) is 34.7 Å². The average Bonchev–Trinajstić information content (AvgIpc) is 3.62. The van der Waals surface area contributed by atoms with Gasteiger partial charge in [0, 0.05) is 71.5 Å². The molecule has 1 amide bonds. The van der Waals surface area contributed by atoms with E-state index in [0.29, 0.717) is 68.9 Å². The zero-order chi connectivity index (χ0) is 29.1. The summed E-state index contributed by atoms with van der Waals surface area (Å²) in [6.07, 6.45) is 1.58. The molecule has 1 saturated heterocycles. The molecule has 3 N–H and O–H groups in total. The number of fused-ring (bicyclic) bond motifs is 1. The van der Waals surface area contributed by atoms with Gasteiger partial charge in [-0.2, -0.15) is 19.6 Å². The first-order valence-electron chi connectivity index (χ1n) is 13.4. The summed E-state index contributed by atoms with van der Waals surface area (Å²) >= 11 is 0. The molecule has 0 spiro atoms. The molecule has 0 aliphatic carbocycles. The van der Waals surface area contributed by atoms with Crippen LogP contribution in [0.15, 0.2) is 41.0 Å². The second-order valence-corrected chi connectivity index (χ2v) is 10.3. The minimum absolute atomic E-state index is 0.157. The highest BCUT2D eigenvalue weighted by Gasteiger charge is 2.24. The van der Waals surface area contributed by atoms with E-state index in [-0.39, 0.29) is 17.2 Å². The lowest BCUT2D eigenvalue weighted by Gasteiger charge is -2.37. The Morgan fingerprint density at radius 1 is 1.07 bits per heavy atom. The summed E-state index contributed by atoms with van der Waals surface area (Å²) in [5.74, 6) is -0.796. The maximum absolute atomic E-state index is 14.7. The lowest BCUT2D eigenvalue weighted by atomic mass is 10.1. The Kier molecular flexibility index (Phi) is 8.31. The highest BCUT2D eigenvalue weighted by atomic mass is 19.1. The number of carbonyl (C=O) groups is 1. The molecule has 0 bridgehead atoms. The van der Waals surface area contributed by atoms with E-state index in [1.807, 2.05) is 41.9 Å². The van der Waals surface area contributed by atoms with Crippen molar-refractivity contribution in [1.29, 1.82) is 0 Å². The molecule has 0 saturated carbocycles. The number of likely N-dealkylation sites (N-methyl/N-ethyl adjacent to an activating group) is 2. The Balaban J connectivity index is 1.17. The molecule has 1 aliphatic rings. The molecular formula is C27H34F2N10O2. The van der Waals surface area contributed by atoms with Crippen LogP contribution >= 0.6 is 0 Å². The van der Waals surface area contributed by atoms with Crippen molar-refractivity contribution in [2.75, 3.05) is 89.0 Å². The van der Waals surface area contributed by atoms with Crippen molar-refractivity contribution in [3.63, 3.8) is 0 Å². The molecule has 5 rings (SSSR count). The molecule has 1 fully saturated rings. The number of anilines is 3. The molecule has 12 nitrogen and oxygen atoms in total. The largest absolute Gasteiger partial charge is 0.463 e. The summed E-state index contributed by atoms with van der Waals surface area (Å²) in [6.45, 7) is 4.76. The van der Waals surface area contributed by atoms with Crippen LogP contribution in [0.4, 0.5) is 26.4 Å². The van der Waals surface area contributed by atoms with E-state index >= 15 is 0 Å². The van der Waals surface area contributed by atoms with Crippen LogP contribution in [0.25, 0.3) is 17.1 Å². The topological polar surface area (TPSA) is 124 Å². The number of piperazine rings is 1. The highest BCUT2D eigenvalue weighted by molar-refractivity contribution is 5.95. The maximum Gasteiger partial charge on any atom is 0.254 e. The smallest absolute Gasteiger partial charge is 0.254 e. The number of benzene rings is 1. The van der Waals surface area contributed by atoms with Crippen molar-refractivity contribution < 1.29 is 18.0 Å². The van der Waals surface area contributed by atoms with Gasteiger partial charge in [-0.3, -0.25) is 9.69 Å². The zero-order valence-corrected chi connectivity index (χ0v) is 23.3.